The number of hydrogen-bond acceptors (Lipinski definition) is 0. The molecule has 0 bridgehead atoms. The van der Waals surface area contributed by atoms with Crippen molar-refractivity contribution in [1.29, 1.82) is 0 Å². The van der Waals surface area contributed by atoms with Crippen molar-refractivity contribution < 1.29 is 0 Å². The molecule has 0 aromatic heterocycles. The van der Waals surface area contributed by atoms with E-state index in [9.17, 15) is 0 Å². The monoisotopic (exact) mass is 432 g/mol. The summed E-state index contributed by atoms with van der Waals surface area (Å²) >= 11 is 0. The first-order valence-electron chi connectivity index (χ1n) is 14.7. The van der Waals surface area contributed by atoms with Gasteiger partial charge in [0.05, 0.1) is 0 Å². The Morgan fingerprint density at radius 3 is 0.774 bits per heavy atom. The van der Waals surface area contributed by atoms with Crippen molar-refractivity contribution in [3.63, 3.8) is 0 Å². The lowest BCUT2D eigenvalue weighted by atomic mass is 10.0. The molecule has 0 spiro atoms. The Kier molecular flexibility index (Phi) is 29.0. The van der Waals surface area contributed by atoms with Crippen molar-refractivity contribution >= 4 is 0 Å². The van der Waals surface area contributed by atoms with Gasteiger partial charge in [0.25, 0.3) is 0 Å². The topological polar surface area (TPSA) is 0 Å². The van der Waals surface area contributed by atoms with Crippen LogP contribution >= 0.6 is 0 Å². The summed E-state index contributed by atoms with van der Waals surface area (Å²) in [5, 5.41) is 0. The van der Waals surface area contributed by atoms with Gasteiger partial charge < -0.3 is 0 Å². The predicted octanol–water partition coefficient (Wildman–Crippen LogP) is 11.9. The van der Waals surface area contributed by atoms with Gasteiger partial charge in [-0.3, -0.25) is 0 Å². The minimum Gasteiger partial charge on any atom is -0.0885 e. The highest BCUT2D eigenvalue weighted by molar-refractivity contribution is 4.88. The molecule has 0 atom stereocenters. The highest BCUT2D eigenvalue weighted by atomic mass is 14.0. The van der Waals surface area contributed by atoms with E-state index in [0.717, 1.165) is 0 Å². The highest BCUT2D eigenvalue weighted by Crippen LogP contribution is 2.14. The molecule has 0 nitrogen and oxygen atoms in total. The summed E-state index contributed by atoms with van der Waals surface area (Å²) in [5.74, 6) is 0. The van der Waals surface area contributed by atoms with Crippen LogP contribution in [0.25, 0.3) is 0 Å². The zero-order valence-electron chi connectivity index (χ0n) is 22.0. The summed E-state index contributed by atoms with van der Waals surface area (Å²) in [5.41, 5.74) is 0. The zero-order valence-corrected chi connectivity index (χ0v) is 22.0. The van der Waals surface area contributed by atoms with Crippen molar-refractivity contribution in [2.24, 2.45) is 0 Å². The number of unbranched alkanes of at least 4 members (excludes halogenated alkanes) is 22. The summed E-state index contributed by atoms with van der Waals surface area (Å²) in [6.07, 6.45) is 44.9. The van der Waals surface area contributed by atoms with E-state index in [4.69, 9.17) is 0 Å². The van der Waals surface area contributed by atoms with Gasteiger partial charge in [-0.2, -0.15) is 0 Å². The molecule has 0 N–H and O–H groups in total. The zero-order chi connectivity index (χ0) is 22.5. The maximum Gasteiger partial charge on any atom is -0.0316 e. The normalized spacial score (nSPS) is 11.9. The van der Waals surface area contributed by atoms with Crippen molar-refractivity contribution in [1.82, 2.24) is 0 Å². The van der Waals surface area contributed by atoms with Crippen LogP contribution in [0.2, 0.25) is 0 Å². The van der Waals surface area contributed by atoms with Crippen LogP contribution in [0.15, 0.2) is 24.3 Å². The quantitative estimate of drug-likeness (QED) is 0.0941. The summed E-state index contributed by atoms with van der Waals surface area (Å²) in [7, 11) is 0. The molecule has 0 heterocycles. The van der Waals surface area contributed by atoms with E-state index in [1.807, 2.05) is 0 Å². The second kappa shape index (κ2) is 29.5. The average Bonchev–Trinajstić information content (AvgIpc) is 2.78. The molecule has 0 aliphatic rings. The van der Waals surface area contributed by atoms with E-state index in [2.05, 4.69) is 38.2 Å². The number of hydrogen-bond donors (Lipinski definition) is 0. The number of allylic oxidation sites excluding steroid dienone is 4. The molecule has 0 aliphatic carbocycles. The molecule has 31 heavy (non-hydrogen) atoms. The second-order valence-electron chi connectivity index (χ2n) is 9.82. The Labute approximate surface area is 198 Å². The molecule has 0 heteroatoms. The second-order valence-corrected chi connectivity index (χ2v) is 9.82. The summed E-state index contributed by atoms with van der Waals surface area (Å²) in [4.78, 5) is 0. The molecular weight excluding hydrogens is 372 g/mol. The third-order valence-electron chi connectivity index (χ3n) is 6.53. The first-order chi connectivity index (χ1) is 15.4. The van der Waals surface area contributed by atoms with Gasteiger partial charge in [-0.25, -0.2) is 0 Å². The van der Waals surface area contributed by atoms with Gasteiger partial charge in [0.2, 0.25) is 0 Å². The third kappa shape index (κ3) is 29.5. The molecular formula is C31H60. The number of rotatable bonds is 26. The standard InChI is InChI=1S/C31H60/c1-3-5-7-9-11-13-15-17-19-21-23-25-27-29-31-30-28-26-24-22-20-18-16-14-12-10-8-6-4-2/h17,19,25,27H,3-16,18,20-24,26,28-31H2,1-2H3/b19-17-,27-25-. The van der Waals surface area contributed by atoms with Crippen LogP contribution in [-0.4, -0.2) is 0 Å². The van der Waals surface area contributed by atoms with Crippen LogP contribution in [0.4, 0.5) is 0 Å². The van der Waals surface area contributed by atoms with Crippen LogP contribution in [0.1, 0.15) is 174 Å². The van der Waals surface area contributed by atoms with Crippen LogP contribution in [0, 0.1) is 0 Å². The van der Waals surface area contributed by atoms with Gasteiger partial charge in [-0.1, -0.05) is 160 Å². The van der Waals surface area contributed by atoms with Crippen LogP contribution in [0.5, 0.6) is 0 Å². The molecule has 0 amide bonds. The van der Waals surface area contributed by atoms with Gasteiger partial charge in [-0.05, 0) is 38.5 Å². The maximum absolute atomic E-state index is 2.42. The molecule has 0 aromatic carbocycles. The molecule has 0 rings (SSSR count). The van der Waals surface area contributed by atoms with Crippen molar-refractivity contribution in [2.75, 3.05) is 0 Å². The van der Waals surface area contributed by atoms with Crippen molar-refractivity contribution in [3.8, 4) is 0 Å². The van der Waals surface area contributed by atoms with E-state index >= 15 is 0 Å². The Morgan fingerprint density at radius 2 is 0.484 bits per heavy atom. The maximum atomic E-state index is 2.42. The van der Waals surface area contributed by atoms with Crippen molar-refractivity contribution in [2.45, 2.75) is 174 Å². The lowest BCUT2D eigenvalue weighted by molar-refractivity contribution is 0.533. The molecule has 184 valence electrons. The molecule has 0 saturated carbocycles. The largest absolute Gasteiger partial charge is 0.0885 e. The summed E-state index contributed by atoms with van der Waals surface area (Å²) < 4.78 is 0. The van der Waals surface area contributed by atoms with Gasteiger partial charge in [0.1, 0.15) is 0 Å². The Hall–Kier alpha value is -0.520. The van der Waals surface area contributed by atoms with Crippen LogP contribution < -0.4 is 0 Å². The Balaban J connectivity index is 3.12. The van der Waals surface area contributed by atoms with Gasteiger partial charge in [0.15, 0.2) is 0 Å². The van der Waals surface area contributed by atoms with E-state index in [1.165, 1.54) is 161 Å². The lowest BCUT2D eigenvalue weighted by Crippen LogP contribution is -1.83. The summed E-state index contributed by atoms with van der Waals surface area (Å²) in [6, 6.07) is 0. The summed E-state index contributed by atoms with van der Waals surface area (Å²) in [6.45, 7) is 4.59. The first-order valence-corrected chi connectivity index (χ1v) is 14.7. The molecule has 0 saturated heterocycles. The van der Waals surface area contributed by atoms with Gasteiger partial charge >= 0.3 is 0 Å². The van der Waals surface area contributed by atoms with E-state index in [-0.39, 0.29) is 0 Å². The minimum atomic E-state index is 1.23. The molecule has 0 fully saturated rings. The highest BCUT2D eigenvalue weighted by Gasteiger charge is 1.94. The average molecular weight is 433 g/mol. The van der Waals surface area contributed by atoms with Crippen LogP contribution in [0.3, 0.4) is 0 Å². The predicted molar refractivity (Wildman–Crippen MR) is 145 cm³/mol. The van der Waals surface area contributed by atoms with E-state index < -0.39 is 0 Å². The van der Waals surface area contributed by atoms with Crippen LogP contribution in [-0.2, 0) is 0 Å². The molecule has 0 unspecified atom stereocenters. The molecule has 0 radical (unpaired) electrons. The Bertz CT molecular complexity index is 351. The minimum absolute atomic E-state index is 1.23. The van der Waals surface area contributed by atoms with E-state index in [0.29, 0.717) is 0 Å². The molecule has 0 aliphatic heterocycles. The first kappa shape index (κ1) is 30.5. The Morgan fingerprint density at radius 1 is 0.258 bits per heavy atom. The van der Waals surface area contributed by atoms with E-state index in [1.54, 1.807) is 0 Å². The van der Waals surface area contributed by atoms with Gasteiger partial charge in [0, 0.05) is 0 Å². The van der Waals surface area contributed by atoms with Gasteiger partial charge in [-0.15, -0.1) is 0 Å². The fraction of sp³-hybridized carbons (Fsp3) is 0.871. The molecule has 0 aromatic rings. The fourth-order valence-electron chi connectivity index (χ4n) is 4.34. The lowest BCUT2D eigenvalue weighted by Gasteiger charge is -2.03. The SMILES string of the molecule is CCCCCCCC/C=C\CC/C=C\CCCCCCCCCCCCCCCCC. The van der Waals surface area contributed by atoms with Crippen molar-refractivity contribution in [3.05, 3.63) is 24.3 Å². The fourth-order valence-corrected chi connectivity index (χ4v) is 4.34. The smallest absolute Gasteiger partial charge is 0.0316 e. The third-order valence-corrected chi connectivity index (χ3v) is 6.53.